The van der Waals surface area contributed by atoms with Crippen molar-refractivity contribution >= 4 is 10.8 Å². The Bertz CT molecular complexity index is 1280. The summed E-state index contributed by atoms with van der Waals surface area (Å²) in [6.45, 7) is 2.68. The Balaban J connectivity index is 1.56. The van der Waals surface area contributed by atoms with Gasteiger partial charge in [0, 0.05) is 17.9 Å². The lowest BCUT2D eigenvalue weighted by Gasteiger charge is -2.27. The quantitative estimate of drug-likeness (QED) is 0.273. The minimum absolute atomic E-state index is 0.161. The van der Waals surface area contributed by atoms with Crippen molar-refractivity contribution in [3.63, 3.8) is 0 Å². The maximum absolute atomic E-state index is 14.8. The highest BCUT2D eigenvalue weighted by Crippen LogP contribution is 2.36. The van der Waals surface area contributed by atoms with Gasteiger partial charge >= 0.3 is 12.3 Å². The van der Waals surface area contributed by atoms with Crippen molar-refractivity contribution in [3.05, 3.63) is 76.9 Å². The monoisotopic (exact) mass is 496 g/mol. The van der Waals surface area contributed by atoms with E-state index in [4.69, 9.17) is 9.47 Å². The van der Waals surface area contributed by atoms with Gasteiger partial charge in [-0.2, -0.15) is 22.0 Å². The van der Waals surface area contributed by atoms with Crippen LogP contribution in [-0.4, -0.2) is 12.8 Å². The van der Waals surface area contributed by atoms with Gasteiger partial charge in [0.15, 0.2) is 0 Å². The molecule has 3 aromatic carbocycles. The van der Waals surface area contributed by atoms with E-state index in [1.807, 2.05) is 0 Å². The van der Waals surface area contributed by atoms with Crippen molar-refractivity contribution in [2.24, 2.45) is 5.92 Å². The molecule has 1 heterocycles. The normalized spacial score (nSPS) is 18.7. The maximum atomic E-state index is 14.8. The zero-order valence-electron chi connectivity index (χ0n) is 18.4. The molecule has 1 fully saturated rings. The van der Waals surface area contributed by atoms with E-state index < -0.39 is 35.0 Å². The highest BCUT2D eigenvalue weighted by Gasteiger charge is 2.35. The second-order valence-corrected chi connectivity index (χ2v) is 8.42. The zero-order valence-corrected chi connectivity index (χ0v) is 18.4. The number of halogens is 7. The van der Waals surface area contributed by atoms with Crippen LogP contribution in [0.15, 0.2) is 48.5 Å². The fourth-order valence-corrected chi connectivity index (χ4v) is 3.86. The van der Waals surface area contributed by atoms with Gasteiger partial charge in [-0.15, -0.1) is 0 Å². The van der Waals surface area contributed by atoms with Gasteiger partial charge in [-0.1, -0.05) is 25.0 Å². The van der Waals surface area contributed by atoms with Gasteiger partial charge in [-0.05, 0) is 66.1 Å². The Labute approximate surface area is 196 Å². The van der Waals surface area contributed by atoms with E-state index in [9.17, 15) is 30.7 Å². The van der Waals surface area contributed by atoms with Crippen LogP contribution in [0.1, 0.15) is 42.6 Å². The molecule has 184 valence electrons. The molecule has 1 aliphatic heterocycles. The number of rotatable bonds is 4. The first-order chi connectivity index (χ1) is 16.4. The molecule has 0 amide bonds. The molecule has 4 rings (SSSR count). The summed E-state index contributed by atoms with van der Waals surface area (Å²) in [5, 5.41) is -0.468. The van der Waals surface area contributed by atoms with Gasteiger partial charge in [-0.3, -0.25) is 0 Å². The molecule has 1 saturated heterocycles. The molecule has 2 atom stereocenters. The van der Waals surface area contributed by atoms with E-state index in [-0.39, 0.29) is 22.6 Å². The van der Waals surface area contributed by atoms with Crippen LogP contribution in [0.4, 0.5) is 30.7 Å². The van der Waals surface area contributed by atoms with E-state index >= 15 is 0 Å². The fraction of sp³-hybridized carbons (Fsp3) is 0.308. The summed E-state index contributed by atoms with van der Waals surface area (Å²) in [6, 6.07) is 9.25. The van der Waals surface area contributed by atoms with Gasteiger partial charge in [0.25, 0.3) is 0 Å². The van der Waals surface area contributed by atoms with E-state index in [0.29, 0.717) is 18.6 Å². The van der Waals surface area contributed by atoms with Crippen LogP contribution in [-0.2, 0) is 10.8 Å². The molecule has 0 spiro atoms. The Morgan fingerprint density at radius 2 is 1.66 bits per heavy atom. The topological polar surface area (TPSA) is 18.5 Å². The highest BCUT2D eigenvalue weighted by atomic mass is 19.4. The smallest absolute Gasteiger partial charge is 0.429 e. The summed E-state index contributed by atoms with van der Waals surface area (Å²) in [7, 11) is 0. The SMILES string of the molecule is CC1CCC(c2ccc(C(F)(F)Oc3ccc4c(F)c(C#CC(F)(F)F)c(F)cc4c3)cc2)OC1. The lowest BCUT2D eigenvalue weighted by atomic mass is 9.95. The van der Waals surface area contributed by atoms with Gasteiger partial charge in [-0.25, -0.2) is 8.78 Å². The second-order valence-electron chi connectivity index (χ2n) is 8.42. The summed E-state index contributed by atoms with van der Waals surface area (Å²) < 4.78 is 106. The predicted octanol–water partition coefficient (Wildman–Crippen LogP) is 7.65. The molecule has 1 aliphatic rings. The molecular weight excluding hydrogens is 477 g/mol. The van der Waals surface area contributed by atoms with Crippen LogP contribution < -0.4 is 4.74 Å². The van der Waals surface area contributed by atoms with Crippen molar-refractivity contribution in [1.82, 2.24) is 0 Å². The number of ether oxygens (including phenoxy) is 2. The number of hydrogen-bond donors (Lipinski definition) is 0. The Morgan fingerprint density at radius 3 is 2.29 bits per heavy atom. The van der Waals surface area contributed by atoms with Crippen LogP contribution in [0.5, 0.6) is 5.75 Å². The summed E-state index contributed by atoms with van der Waals surface area (Å²) in [5.74, 6) is -0.376. The molecule has 0 saturated carbocycles. The predicted molar refractivity (Wildman–Crippen MR) is 115 cm³/mol. The standard InChI is InChI=1S/C26H19F7O2/c1-15-2-9-23(34-14-15)16-3-5-18(6-4-16)26(32,33)35-19-7-8-20-17(12-19)13-22(27)21(24(20)28)10-11-25(29,30)31/h3-8,12-13,15,23H,2,9,14H2,1H3. The third-order valence-electron chi connectivity index (χ3n) is 5.70. The molecular formula is C26H19F7O2. The third-order valence-corrected chi connectivity index (χ3v) is 5.70. The Kier molecular flexibility index (Phi) is 6.69. The van der Waals surface area contributed by atoms with Crippen LogP contribution in [0.25, 0.3) is 10.8 Å². The molecule has 0 radical (unpaired) electrons. The van der Waals surface area contributed by atoms with Crippen molar-refractivity contribution in [2.75, 3.05) is 6.61 Å². The summed E-state index contributed by atoms with van der Waals surface area (Å²) >= 11 is 0. The highest BCUT2D eigenvalue weighted by molar-refractivity contribution is 5.86. The first-order valence-corrected chi connectivity index (χ1v) is 10.7. The maximum Gasteiger partial charge on any atom is 0.458 e. The number of hydrogen-bond acceptors (Lipinski definition) is 2. The summed E-state index contributed by atoms with van der Waals surface area (Å²) in [6.07, 6.45) is -7.08. The summed E-state index contributed by atoms with van der Waals surface area (Å²) in [5.41, 5.74) is -0.719. The van der Waals surface area contributed by atoms with Gasteiger partial charge in [0.2, 0.25) is 0 Å². The number of benzene rings is 3. The van der Waals surface area contributed by atoms with Crippen molar-refractivity contribution in [2.45, 2.75) is 38.2 Å². The molecule has 9 heteroatoms. The van der Waals surface area contributed by atoms with Gasteiger partial charge < -0.3 is 9.47 Å². The molecule has 35 heavy (non-hydrogen) atoms. The molecule has 0 bridgehead atoms. The number of alkyl halides is 5. The first kappa shape index (κ1) is 24.9. The van der Waals surface area contributed by atoms with Crippen molar-refractivity contribution in [1.29, 1.82) is 0 Å². The molecule has 2 unspecified atom stereocenters. The first-order valence-electron chi connectivity index (χ1n) is 10.7. The van der Waals surface area contributed by atoms with Crippen molar-refractivity contribution < 1.29 is 40.2 Å². The van der Waals surface area contributed by atoms with Crippen LogP contribution >= 0.6 is 0 Å². The van der Waals surface area contributed by atoms with E-state index in [0.717, 1.165) is 42.5 Å². The zero-order chi connectivity index (χ0) is 25.4. The lowest BCUT2D eigenvalue weighted by Crippen LogP contribution is -2.22. The molecule has 3 aromatic rings. The van der Waals surface area contributed by atoms with E-state index in [1.54, 1.807) is 12.1 Å². The van der Waals surface area contributed by atoms with Crippen LogP contribution in [0.2, 0.25) is 0 Å². The molecule has 0 aliphatic carbocycles. The average Bonchev–Trinajstić information content (AvgIpc) is 2.78. The minimum Gasteiger partial charge on any atom is -0.429 e. The van der Waals surface area contributed by atoms with Gasteiger partial charge in [0.05, 0.1) is 17.2 Å². The van der Waals surface area contributed by atoms with E-state index in [2.05, 4.69) is 6.92 Å². The Hall–Kier alpha value is -3.25. The molecule has 0 aromatic heterocycles. The summed E-state index contributed by atoms with van der Waals surface area (Å²) in [4.78, 5) is 0. The van der Waals surface area contributed by atoms with Crippen LogP contribution in [0, 0.1) is 29.4 Å². The third kappa shape index (κ3) is 5.70. The van der Waals surface area contributed by atoms with Crippen LogP contribution in [0.3, 0.4) is 0 Å². The average molecular weight is 496 g/mol. The fourth-order valence-electron chi connectivity index (χ4n) is 3.86. The van der Waals surface area contributed by atoms with Crippen molar-refractivity contribution in [3.8, 4) is 17.6 Å². The molecule has 2 nitrogen and oxygen atoms in total. The largest absolute Gasteiger partial charge is 0.458 e. The number of fused-ring (bicyclic) bond motifs is 1. The Morgan fingerprint density at radius 1 is 0.943 bits per heavy atom. The molecule has 0 N–H and O–H groups in total. The second kappa shape index (κ2) is 9.42. The minimum atomic E-state index is -4.93. The van der Waals surface area contributed by atoms with Gasteiger partial charge in [0.1, 0.15) is 17.4 Å². The lowest BCUT2D eigenvalue weighted by molar-refractivity contribution is -0.185. The van der Waals surface area contributed by atoms with E-state index in [1.165, 1.54) is 18.1 Å².